The van der Waals surface area contributed by atoms with Crippen molar-refractivity contribution in [3.05, 3.63) is 65.2 Å². The molecule has 39 heavy (non-hydrogen) atoms. The molecule has 2 aromatic carbocycles. The van der Waals surface area contributed by atoms with Crippen LogP contribution in [0.5, 0.6) is 5.75 Å². The average Bonchev–Trinajstić information content (AvgIpc) is 2.87. The van der Waals surface area contributed by atoms with Gasteiger partial charge in [-0.15, -0.1) is 0 Å². The number of nitriles is 1. The van der Waals surface area contributed by atoms with Gasteiger partial charge < -0.3 is 14.4 Å². The van der Waals surface area contributed by atoms with Crippen LogP contribution in [-0.4, -0.2) is 64.4 Å². The summed E-state index contributed by atoms with van der Waals surface area (Å²) in [5.41, 5.74) is -0.410. The lowest BCUT2D eigenvalue weighted by Crippen LogP contribution is -2.37. The van der Waals surface area contributed by atoms with Gasteiger partial charge in [0.25, 0.3) is 0 Å². The largest absolute Gasteiger partial charge is 0.490 e. The molecule has 0 saturated carbocycles. The second-order valence-corrected chi connectivity index (χ2v) is 10.9. The smallest absolute Gasteiger partial charge is 0.420 e. The Morgan fingerprint density at radius 2 is 1.92 bits per heavy atom. The summed E-state index contributed by atoms with van der Waals surface area (Å²) in [5, 5.41) is 9.08. The van der Waals surface area contributed by atoms with Gasteiger partial charge in [-0.2, -0.15) is 18.4 Å². The van der Waals surface area contributed by atoms with Gasteiger partial charge in [0, 0.05) is 13.1 Å². The van der Waals surface area contributed by atoms with Crippen LogP contribution in [0.3, 0.4) is 0 Å². The van der Waals surface area contributed by atoms with Crippen LogP contribution < -0.4 is 9.04 Å². The van der Waals surface area contributed by atoms with Gasteiger partial charge in [-0.1, -0.05) is 24.3 Å². The zero-order valence-electron chi connectivity index (χ0n) is 21.6. The van der Waals surface area contributed by atoms with Gasteiger partial charge in [0.15, 0.2) is 5.75 Å². The Hall–Kier alpha value is -3.56. The molecule has 3 rings (SSSR count). The number of esters is 1. The van der Waals surface area contributed by atoms with E-state index in [4.69, 9.17) is 14.7 Å². The van der Waals surface area contributed by atoms with Crippen LogP contribution in [-0.2, 0) is 25.7 Å². The molecule has 2 aromatic rings. The maximum absolute atomic E-state index is 14.1. The van der Waals surface area contributed by atoms with Gasteiger partial charge >= 0.3 is 12.1 Å². The number of sulfonamides is 1. The number of carbonyl (C=O) groups is 1. The first-order chi connectivity index (χ1) is 18.4. The number of anilines is 1. The molecule has 1 aliphatic rings. The Labute approximate surface area is 226 Å². The number of hydrogen-bond donors (Lipinski definition) is 0. The summed E-state index contributed by atoms with van der Waals surface area (Å²) in [6.07, 6.45) is -1.13. The van der Waals surface area contributed by atoms with E-state index in [9.17, 15) is 26.4 Å². The first-order valence-electron chi connectivity index (χ1n) is 12.3. The van der Waals surface area contributed by atoms with Crippen molar-refractivity contribution >= 4 is 27.8 Å². The van der Waals surface area contributed by atoms with E-state index in [1.165, 1.54) is 25.1 Å². The molecule has 0 radical (unpaired) electrons. The summed E-state index contributed by atoms with van der Waals surface area (Å²) < 4.78 is 79.8. The number of piperidine rings is 1. The Balaban J connectivity index is 1.97. The molecule has 1 heterocycles. The maximum atomic E-state index is 14.1. The number of hydrogen-bond acceptors (Lipinski definition) is 7. The first kappa shape index (κ1) is 30.0. The number of carbonyl (C=O) groups excluding carboxylic acids is 1. The Morgan fingerprint density at radius 1 is 1.21 bits per heavy atom. The third kappa shape index (κ3) is 8.46. The fourth-order valence-electron chi connectivity index (χ4n) is 4.09. The molecule has 8 nitrogen and oxygen atoms in total. The fourth-order valence-corrected chi connectivity index (χ4v) is 5.37. The highest BCUT2D eigenvalue weighted by Crippen LogP contribution is 2.40. The van der Waals surface area contributed by atoms with Crippen LogP contribution in [0.2, 0.25) is 0 Å². The Bertz CT molecular complexity index is 1330. The molecule has 0 aromatic heterocycles. The van der Waals surface area contributed by atoms with Gasteiger partial charge in [0.2, 0.25) is 10.0 Å². The molecular weight excluding hydrogens is 535 g/mol. The summed E-state index contributed by atoms with van der Waals surface area (Å²) in [5.74, 6) is -2.45. The Morgan fingerprint density at radius 3 is 2.56 bits per heavy atom. The van der Waals surface area contributed by atoms with Crippen LogP contribution in [0, 0.1) is 11.3 Å². The summed E-state index contributed by atoms with van der Waals surface area (Å²) in [4.78, 5) is 14.1. The highest BCUT2D eigenvalue weighted by atomic mass is 32.2. The molecule has 0 atom stereocenters. The topological polar surface area (TPSA) is 99.9 Å². The standard InChI is InChI=1S/C27H30F3N3O5S/c1-3-37-26(34)19-39(35,36)33(13-5-8-20-6-4-7-21(16-20)18-31)22-9-10-25(24(17-22)27(28,29)30)38-23-11-14-32(2)15-12-23/h4-10,16-17,23H,3,11-15,19H2,1-2H3. The number of rotatable bonds is 10. The van der Waals surface area contributed by atoms with E-state index < -0.39 is 39.6 Å². The van der Waals surface area contributed by atoms with Crippen molar-refractivity contribution in [3.63, 3.8) is 0 Å². The highest BCUT2D eigenvalue weighted by molar-refractivity contribution is 7.93. The predicted octanol–water partition coefficient (Wildman–Crippen LogP) is 4.46. The molecule has 0 aliphatic carbocycles. The van der Waals surface area contributed by atoms with Crippen molar-refractivity contribution in [3.8, 4) is 11.8 Å². The maximum Gasteiger partial charge on any atom is 0.420 e. The summed E-state index contributed by atoms with van der Waals surface area (Å²) in [7, 11) is -2.51. The van der Waals surface area contributed by atoms with E-state index >= 15 is 0 Å². The minimum atomic E-state index is -4.82. The van der Waals surface area contributed by atoms with E-state index in [0.29, 0.717) is 37.1 Å². The molecule has 0 unspecified atom stereocenters. The summed E-state index contributed by atoms with van der Waals surface area (Å²) in [6, 6.07) is 11.6. The molecular formula is C27H30F3N3O5S. The number of likely N-dealkylation sites (tertiary alicyclic amines) is 1. The van der Waals surface area contributed by atoms with E-state index in [1.807, 2.05) is 13.1 Å². The van der Waals surface area contributed by atoms with E-state index in [-0.39, 0.29) is 24.6 Å². The SMILES string of the molecule is CCOC(=O)CS(=O)(=O)N(CC=Cc1cccc(C#N)c1)c1ccc(OC2CCN(C)CC2)c(C(F)(F)F)c1. The van der Waals surface area contributed by atoms with Gasteiger partial charge in [0.1, 0.15) is 11.9 Å². The lowest BCUT2D eigenvalue weighted by molar-refractivity contribution is -0.140. The summed E-state index contributed by atoms with van der Waals surface area (Å²) >= 11 is 0. The molecule has 210 valence electrons. The lowest BCUT2D eigenvalue weighted by Gasteiger charge is -2.30. The summed E-state index contributed by atoms with van der Waals surface area (Å²) in [6.45, 7) is 2.47. The van der Waals surface area contributed by atoms with Crippen molar-refractivity contribution in [2.45, 2.75) is 32.0 Å². The van der Waals surface area contributed by atoms with Crippen molar-refractivity contribution in [2.75, 3.05) is 43.3 Å². The molecule has 0 spiro atoms. The molecule has 12 heteroatoms. The van der Waals surface area contributed by atoms with E-state index in [0.717, 1.165) is 16.4 Å². The first-order valence-corrected chi connectivity index (χ1v) is 13.9. The van der Waals surface area contributed by atoms with Gasteiger partial charge in [-0.3, -0.25) is 9.10 Å². The molecule has 1 aliphatic heterocycles. The van der Waals surface area contributed by atoms with Crippen LogP contribution in [0.4, 0.5) is 18.9 Å². The number of ether oxygens (including phenoxy) is 2. The number of benzene rings is 2. The van der Waals surface area contributed by atoms with Crippen molar-refractivity contribution in [1.82, 2.24) is 4.90 Å². The minimum absolute atomic E-state index is 0.0509. The predicted molar refractivity (Wildman–Crippen MR) is 141 cm³/mol. The van der Waals surface area contributed by atoms with E-state index in [1.54, 1.807) is 24.3 Å². The van der Waals surface area contributed by atoms with Gasteiger partial charge in [-0.25, -0.2) is 8.42 Å². The number of alkyl halides is 3. The average molecular weight is 566 g/mol. The number of halogens is 3. The van der Waals surface area contributed by atoms with Crippen molar-refractivity contribution < 1.29 is 35.9 Å². The third-order valence-corrected chi connectivity index (χ3v) is 7.69. The van der Waals surface area contributed by atoms with Gasteiger partial charge in [-0.05, 0) is 62.7 Å². The monoisotopic (exact) mass is 565 g/mol. The second-order valence-electron chi connectivity index (χ2n) is 9.03. The normalized spacial score (nSPS) is 15.2. The fraction of sp³-hybridized carbons (Fsp3) is 0.407. The van der Waals surface area contributed by atoms with Crippen LogP contribution in [0.15, 0.2) is 48.5 Å². The quantitative estimate of drug-likeness (QED) is 0.392. The second kappa shape index (κ2) is 13.0. The van der Waals surface area contributed by atoms with Crippen molar-refractivity contribution in [1.29, 1.82) is 5.26 Å². The van der Waals surface area contributed by atoms with Crippen LogP contribution in [0.1, 0.15) is 36.5 Å². The molecule has 0 bridgehead atoms. The van der Waals surface area contributed by atoms with Crippen molar-refractivity contribution in [2.24, 2.45) is 0 Å². The minimum Gasteiger partial charge on any atom is -0.490 e. The zero-order valence-corrected chi connectivity index (χ0v) is 22.5. The highest BCUT2D eigenvalue weighted by Gasteiger charge is 2.37. The Kier molecular flexibility index (Phi) is 9.99. The number of nitrogens with zero attached hydrogens (tertiary/aromatic N) is 3. The van der Waals surface area contributed by atoms with Crippen LogP contribution >= 0.6 is 0 Å². The third-order valence-electron chi connectivity index (χ3n) is 6.05. The van der Waals surface area contributed by atoms with Gasteiger partial charge in [0.05, 0.1) is 36.0 Å². The zero-order chi connectivity index (χ0) is 28.6. The molecule has 0 N–H and O–H groups in total. The molecule has 1 fully saturated rings. The molecule has 1 saturated heterocycles. The lowest BCUT2D eigenvalue weighted by atomic mass is 10.1. The van der Waals surface area contributed by atoms with Crippen LogP contribution in [0.25, 0.3) is 6.08 Å². The van der Waals surface area contributed by atoms with E-state index in [2.05, 4.69) is 4.90 Å². The molecule has 0 amide bonds.